The van der Waals surface area contributed by atoms with Gasteiger partial charge < -0.3 is 0 Å². The Morgan fingerprint density at radius 2 is 1.77 bits per heavy atom. The molecule has 0 aliphatic heterocycles. The molecule has 2 aromatic carbocycles. The zero-order valence-corrected chi connectivity index (χ0v) is 18.8. The van der Waals surface area contributed by atoms with Crippen molar-refractivity contribution in [3.8, 4) is 0 Å². The fourth-order valence-electron chi connectivity index (χ4n) is 3.41. The van der Waals surface area contributed by atoms with Crippen molar-refractivity contribution in [3.05, 3.63) is 98.6 Å². The van der Waals surface area contributed by atoms with Crippen LogP contribution < -0.4 is 5.56 Å². The van der Waals surface area contributed by atoms with Crippen molar-refractivity contribution in [3.63, 3.8) is 0 Å². The number of thioether (sulfide) groups is 1. The van der Waals surface area contributed by atoms with Crippen LogP contribution in [0.15, 0.2) is 76.5 Å². The highest BCUT2D eigenvalue weighted by molar-refractivity contribution is 7.98. The van der Waals surface area contributed by atoms with Gasteiger partial charge in [-0.05, 0) is 40.3 Å². The van der Waals surface area contributed by atoms with Gasteiger partial charge in [-0.3, -0.25) is 13.8 Å². The molecule has 5 aromatic rings. The van der Waals surface area contributed by atoms with Crippen molar-refractivity contribution in [2.45, 2.75) is 17.5 Å². The van der Waals surface area contributed by atoms with Crippen LogP contribution >= 0.6 is 34.7 Å². The van der Waals surface area contributed by atoms with E-state index >= 15 is 0 Å². The first-order chi connectivity index (χ1) is 15.1. The number of nitrogens with zero attached hydrogens (tertiary/aromatic N) is 4. The molecule has 0 spiro atoms. The molecule has 0 atom stereocenters. The first-order valence-electron chi connectivity index (χ1n) is 9.58. The topological polar surface area (TPSA) is 52.2 Å². The Labute approximate surface area is 191 Å². The van der Waals surface area contributed by atoms with Crippen molar-refractivity contribution in [2.75, 3.05) is 0 Å². The summed E-state index contributed by atoms with van der Waals surface area (Å²) in [6.07, 6.45) is 1.83. The SMILES string of the molecule is C=Cc1ccc(CSc2nnc3n(Cc4ccc(Cl)cc4)c(=O)c4sccc4n23)cc1. The summed E-state index contributed by atoms with van der Waals surface area (Å²) in [5.41, 5.74) is 4.03. The predicted molar refractivity (Wildman–Crippen MR) is 129 cm³/mol. The second kappa shape index (κ2) is 8.34. The van der Waals surface area contributed by atoms with E-state index in [-0.39, 0.29) is 5.56 Å². The molecule has 8 heteroatoms. The Hall–Kier alpha value is -2.87. The van der Waals surface area contributed by atoms with Crippen molar-refractivity contribution in [1.29, 1.82) is 0 Å². The number of hydrogen-bond acceptors (Lipinski definition) is 5. The second-order valence-corrected chi connectivity index (χ2v) is 9.30. The lowest BCUT2D eigenvalue weighted by atomic mass is 10.1. The highest BCUT2D eigenvalue weighted by atomic mass is 35.5. The predicted octanol–water partition coefficient (Wildman–Crippen LogP) is 5.74. The first-order valence-corrected chi connectivity index (χ1v) is 11.8. The standard InChI is InChI=1S/C23H17ClN4OS2/c1-2-15-3-5-17(6-4-15)14-31-23-26-25-22-27(13-16-7-9-18(24)10-8-16)21(29)20-19(28(22)23)11-12-30-20/h2-12H,1,13-14H2. The Morgan fingerprint density at radius 1 is 1.03 bits per heavy atom. The molecule has 5 rings (SSSR count). The van der Waals surface area contributed by atoms with Crippen LogP contribution in [-0.4, -0.2) is 19.2 Å². The Bertz CT molecular complexity index is 1450. The Morgan fingerprint density at radius 3 is 2.52 bits per heavy atom. The van der Waals surface area contributed by atoms with Gasteiger partial charge in [0.1, 0.15) is 4.70 Å². The average Bonchev–Trinajstić information content (AvgIpc) is 3.44. The van der Waals surface area contributed by atoms with Crippen LogP contribution in [0.5, 0.6) is 0 Å². The molecule has 0 fully saturated rings. The molecule has 0 aliphatic carbocycles. The van der Waals surface area contributed by atoms with Crippen LogP contribution in [-0.2, 0) is 12.3 Å². The maximum atomic E-state index is 13.2. The molecule has 0 N–H and O–H groups in total. The molecule has 154 valence electrons. The minimum atomic E-state index is -0.0589. The molecule has 0 aliphatic rings. The summed E-state index contributed by atoms with van der Waals surface area (Å²) < 4.78 is 4.35. The van der Waals surface area contributed by atoms with Gasteiger partial charge in [0.25, 0.3) is 5.56 Å². The molecular formula is C23H17ClN4OS2. The van der Waals surface area contributed by atoms with Gasteiger partial charge in [-0.1, -0.05) is 72.4 Å². The summed E-state index contributed by atoms with van der Waals surface area (Å²) in [6.45, 7) is 4.20. The molecule has 3 aromatic heterocycles. The minimum absolute atomic E-state index is 0.0589. The fraction of sp³-hybridized carbons (Fsp3) is 0.0870. The van der Waals surface area contributed by atoms with Gasteiger partial charge in [-0.15, -0.1) is 21.5 Å². The molecular weight excluding hydrogens is 448 g/mol. The highest BCUT2D eigenvalue weighted by Crippen LogP contribution is 2.27. The maximum Gasteiger partial charge on any atom is 0.273 e. The summed E-state index contributed by atoms with van der Waals surface area (Å²) in [7, 11) is 0. The number of fused-ring (bicyclic) bond motifs is 3. The van der Waals surface area contributed by atoms with Crippen LogP contribution in [0.3, 0.4) is 0 Å². The zero-order chi connectivity index (χ0) is 21.4. The number of halogens is 1. The minimum Gasteiger partial charge on any atom is -0.271 e. The molecule has 3 heterocycles. The Balaban J connectivity index is 1.56. The lowest BCUT2D eigenvalue weighted by molar-refractivity contribution is 0.765. The van der Waals surface area contributed by atoms with E-state index in [1.54, 1.807) is 16.3 Å². The molecule has 0 saturated carbocycles. The lowest BCUT2D eigenvalue weighted by Crippen LogP contribution is -2.23. The van der Waals surface area contributed by atoms with E-state index in [1.807, 2.05) is 58.3 Å². The van der Waals surface area contributed by atoms with Gasteiger partial charge in [-0.25, -0.2) is 0 Å². The highest BCUT2D eigenvalue weighted by Gasteiger charge is 2.18. The van der Waals surface area contributed by atoms with E-state index in [0.29, 0.717) is 22.0 Å². The van der Waals surface area contributed by atoms with E-state index in [0.717, 1.165) is 27.6 Å². The smallest absolute Gasteiger partial charge is 0.271 e. The summed E-state index contributed by atoms with van der Waals surface area (Å²) in [6, 6.07) is 17.7. The lowest BCUT2D eigenvalue weighted by Gasteiger charge is -2.10. The molecule has 0 bridgehead atoms. The van der Waals surface area contributed by atoms with Crippen LogP contribution in [0.1, 0.15) is 16.7 Å². The van der Waals surface area contributed by atoms with Gasteiger partial charge in [0.05, 0.1) is 12.1 Å². The molecule has 5 nitrogen and oxygen atoms in total. The second-order valence-electron chi connectivity index (χ2n) is 7.01. The third-order valence-electron chi connectivity index (χ3n) is 5.02. The largest absolute Gasteiger partial charge is 0.273 e. The number of hydrogen-bond donors (Lipinski definition) is 0. The summed E-state index contributed by atoms with van der Waals surface area (Å²) in [5.74, 6) is 1.29. The van der Waals surface area contributed by atoms with Crippen LogP contribution in [0.4, 0.5) is 0 Å². The molecule has 0 radical (unpaired) electrons. The van der Waals surface area contributed by atoms with E-state index in [2.05, 4.69) is 28.9 Å². The molecule has 0 unspecified atom stereocenters. The monoisotopic (exact) mass is 464 g/mol. The van der Waals surface area contributed by atoms with E-state index in [4.69, 9.17) is 11.6 Å². The van der Waals surface area contributed by atoms with Gasteiger partial charge in [0, 0.05) is 10.8 Å². The third kappa shape index (κ3) is 3.80. The molecule has 31 heavy (non-hydrogen) atoms. The Kier molecular flexibility index (Phi) is 5.40. The fourth-order valence-corrected chi connectivity index (χ4v) is 5.25. The van der Waals surface area contributed by atoms with E-state index in [1.165, 1.54) is 16.9 Å². The summed E-state index contributed by atoms with van der Waals surface area (Å²) >= 11 is 9.05. The quantitative estimate of drug-likeness (QED) is 0.300. The third-order valence-corrected chi connectivity index (χ3v) is 7.16. The number of aromatic nitrogens is 4. The van der Waals surface area contributed by atoms with Gasteiger partial charge >= 0.3 is 0 Å². The number of rotatable bonds is 6. The van der Waals surface area contributed by atoms with Crippen molar-refractivity contribution < 1.29 is 0 Å². The summed E-state index contributed by atoms with van der Waals surface area (Å²) in [5, 5.41) is 12.2. The normalized spacial score (nSPS) is 11.4. The van der Waals surface area contributed by atoms with Crippen molar-refractivity contribution in [1.82, 2.24) is 19.2 Å². The molecule has 0 saturated heterocycles. The summed E-state index contributed by atoms with van der Waals surface area (Å²) in [4.78, 5) is 13.2. The van der Waals surface area contributed by atoms with Crippen LogP contribution in [0.2, 0.25) is 5.02 Å². The average molecular weight is 465 g/mol. The van der Waals surface area contributed by atoms with Crippen LogP contribution in [0.25, 0.3) is 22.1 Å². The van der Waals surface area contributed by atoms with Gasteiger partial charge in [-0.2, -0.15) is 0 Å². The number of thiophene rings is 1. The van der Waals surface area contributed by atoms with E-state index < -0.39 is 0 Å². The van der Waals surface area contributed by atoms with Crippen molar-refractivity contribution in [2.24, 2.45) is 0 Å². The maximum absolute atomic E-state index is 13.2. The number of benzene rings is 2. The van der Waals surface area contributed by atoms with Crippen LogP contribution in [0, 0.1) is 0 Å². The molecule has 0 amide bonds. The van der Waals surface area contributed by atoms with Crippen molar-refractivity contribution >= 4 is 56.8 Å². The van der Waals surface area contributed by atoms with E-state index in [9.17, 15) is 4.79 Å². The zero-order valence-electron chi connectivity index (χ0n) is 16.4. The van der Waals surface area contributed by atoms with Gasteiger partial charge in [0.2, 0.25) is 5.78 Å². The first kappa shape index (κ1) is 20.1. The van der Waals surface area contributed by atoms with Gasteiger partial charge in [0.15, 0.2) is 5.16 Å².